The average Bonchev–Trinajstić information content (AvgIpc) is 2.89. The second-order valence-electron chi connectivity index (χ2n) is 5.38. The molecule has 2 aromatic rings. The minimum Gasteiger partial charge on any atom is -0.336 e. The minimum absolute atomic E-state index is 0.235. The van der Waals surface area contributed by atoms with Gasteiger partial charge in [0.1, 0.15) is 11.9 Å². The van der Waals surface area contributed by atoms with Gasteiger partial charge in [0.2, 0.25) is 0 Å². The normalized spacial score (nSPS) is 16.7. The third-order valence-electron chi connectivity index (χ3n) is 3.78. The summed E-state index contributed by atoms with van der Waals surface area (Å²) in [6.45, 7) is 1.08. The van der Waals surface area contributed by atoms with Crippen LogP contribution >= 0.6 is 11.3 Å². The van der Waals surface area contributed by atoms with Crippen LogP contribution in [0.2, 0.25) is 0 Å². The summed E-state index contributed by atoms with van der Waals surface area (Å²) in [6, 6.07) is 4.54. The molecule has 2 heterocycles. The van der Waals surface area contributed by atoms with Gasteiger partial charge in [-0.05, 0) is 36.8 Å². The molecule has 0 aromatic carbocycles. The van der Waals surface area contributed by atoms with Crippen LogP contribution in [0.3, 0.4) is 0 Å². The van der Waals surface area contributed by atoms with E-state index in [2.05, 4.69) is 39.4 Å². The number of hydrogen-bond acceptors (Lipinski definition) is 3. The Hall–Kier alpha value is -1.13. The lowest BCUT2D eigenvalue weighted by Gasteiger charge is -2.17. The summed E-state index contributed by atoms with van der Waals surface area (Å²) in [5.74, 6) is 2.13. The Labute approximate surface area is 118 Å². The van der Waals surface area contributed by atoms with E-state index < -0.39 is 0 Å². The Morgan fingerprint density at radius 3 is 3.05 bits per heavy atom. The molecule has 3 rings (SSSR count). The summed E-state index contributed by atoms with van der Waals surface area (Å²) >= 11 is 1.80. The molecule has 1 fully saturated rings. The van der Waals surface area contributed by atoms with Crippen molar-refractivity contribution in [3.05, 3.63) is 40.6 Å². The first kappa shape index (κ1) is 12.9. The molecule has 1 atom stereocenters. The predicted octanol–water partition coefficient (Wildman–Crippen LogP) is 3.35. The SMILES string of the molecule is Cn1ccnc1C(NCCCC1CC1)c1cccs1. The zero-order chi connectivity index (χ0) is 13.1. The molecule has 3 nitrogen and oxygen atoms in total. The number of aryl methyl sites for hydroxylation is 1. The van der Waals surface area contributed by atoms with Crippen LogP contribution in [-0.4, -0.2) is 16.1 Å². The number of hydrogen-bond donors (Lipinski definition) is 1. The summed E-state index contributed by atoms with van der Waals surface area (Å²) in [7, 11) is 2.06. The lowest BCUT2D eigenvalue weighted by atomic mass is 10.2. The third-order valence-corrected chi connectivity index (χ3v) is 4.72. The van der Waals surface area contributed by atoms with Crippen LogP contribution in [0.1, 0.15) is 42.4 Å². The smallest absolute Gasteiger partial charge is 0.131 e. The Balaban J connectivity index is 1.64. The number of nitrogens with one attached hydrogen (secondary N) is 1. The first-order valence-corrected chi connectivity index (χ1v) is 7.96. The van der Waals surface area contributed by atoms with Crippen LogP contribution in [0.5, 0.6) is 0 Å². The summed E-state index contributed by atoms with van der Waals surface area (Å²) in [5.41, 5.74) is 0. The highest BCUT2D eigenvalue weighted by Gasteiger charge is 2.21. The van der Waals surface area contributed by atoms with Gasteiger partial charge in [-0.15, -0.1) is 11.3 Å². The molecule has 0 amide bonds. The van der Waals surface area contributed by atoms with E-state index in [4.69, 9.17) is 0 Å². The highest BCUT2D eigenvalue weighted by molar-refractivity contribution is 7.10. The largest absolute Gasteiger partial charge is 0.336 e. The van der Waals surface area contributed by atoms with Gasteiger partial charge in [0.05, 0.1) is 0 Å². The fourth-order valence-corrected chi connectivity index (χ4v) is 3.27. The summed E-state index contributed by atoms with van der Waals surface area (Å²) in [4.78, 5) is 5.85. The maximum absolute atomic E-state index is 4.51. The molecule has 1 N–H and O–H groups in total. The molecule has 4 heteroatoms. The first-order valence-electron chi connectivity index (χ1n) is 7.08. The van der Waals surface area contributed by atoms with Crippen LogP contribution in [0, 0.1) is 5.92 Å². The molecule has 0 bridgehead atoms. The highest BCUT2D eigenvalue weighted by Crippen LogP contribution is 2.33. The number of nitrogens with zero attached hydrogens (tertiary/aromatic N) is 2. The van der Waals surface area contributed by atoms with Crippen molar-refractivity contribution < 1.29 is 0 Å². The first-order chi connectivity index (χ1) is 9.34. The number of aromatic nitrogens is 2. The van der Waals surface area contributed by atoms with Crippen molar-refractivity contribution in [3.8, 4) is 0 Å². The second kappa shape index (κ2) is 5.88. The van der Waals surface area contributed by atoms with Gasteiger partial charge < -0.3 is 9.88 Å². The van der Waals surface area contributed by atoms with E-state index in [1.165, 1.54) is 30.6 Å². The van der Waals surface area contributed by atoms with Crippen molar-refractivity contribution in [1.29, 1.82) is 0 Å². The Morgan fingerprint density at radius 2 is 2.42 bits per heavy atom. The predicted molar refractivity (Wildman–Crippen MR) is 79.3 cm³/mol. The second-order valence-corrected chi connectivity index (χ2v) is 6.36. The van der Waals surface area contributed by atoms with Crippen molar-refractivity contribution in [3.63, 3.8) is 0 Å². The summed E-state index contributed by atoms with van der Waals surface area (Å²) < 4.78 is 2.11. The van der Waals surface area contributed by atoms with Crippen molar-refractivity contribution >= 4 is 11.3 Å². The van der Waals surface area contributed by atoms with Gasteiger partial charge in [-0.1, -0.05) is 18.9 Å². The zero-order valence-corrected chi connectivity index (χ0v) is 12.2. The molecule has 102 valence electrons. The van der Waals surface area contributed by atoms with E-state index >= 15 is 0 Å². The molecule has 0 aliphatic heterocycles. The van der Waals surface area contributed by atoms with Gasteiger partial charge in [0.25, 0.3) is 0 Å². The van der Waals surface area contributed by atoms with Crippen LogP contribution in [0.25, 0.3) is 0 Å². The minimum atomic E-state index is 0.235. The molecule has 2 aromatic heterocycles. The summed E-state index contributed by atoms with van der Waals surface area (Å²) in [6.07, 6.45) is 9.45. The number of imidazole rings is 1. The van der Waals surface area contributed by atoms with E-state index in [9.17, 15) is 0 Å². The third kappa shape index (κ3) is 3.25. The van der Waals surface area contributed by atoms with Crippen molar-refractivity contribution in [2.24, 2.45) is 13.0 Å². The quantitative estimate of drug-likeness (QED) is 0.785. The summed E-state index contributed by atoms with van der Waals surface area (Å²) in [5, 5.41) is 5.81. The van der Waals surface area contributed by atoms with Crippen molar-refractivity contribution in [2.45, 2.75) is 31.7 Å². The fraction of sp³-hybridized carbons (Fsp3) is 0.533. The fourth-order valence-electron chi connectivity index (χ4n) is 2.47. The van der Waals surface area contributed by atoms with Crippen LogP contribution in [0.15, 0.2) is 29.9 Å². The van der Waals surface area contributed by atoms with Crippen LogP contribution < -0.4 is 5.32 Å². The Kier molecular flexibility index (Phi) is 3.99. The lowest BCUT2D eigenvalue weighted by Crippen LogP contribution is -2.25. The van der Waals surface area contributed by atoms with E-state index in [1.54, 1.807) is 11.3 Å². The number of thiophene rings is 1. The van der Waals surface area contributed by atoms with Gasteiger partial charge in [-0.25, -0.2) is 4.98 Å². The number of rotatable bonds is 7. The van der Waals surface area contributed by atoms with Crippen LogP contribution in [-0.2, 0) is 7.05 Å². The van der Waals surface area contributed by atoms with Gasteiger partial charge in [0.15, 0.2) is 0 Å². The van der Waals surface area contributed by atoms with E-state index in [0.29, 0.717) is 0 Å². The van der Waals surface area contributed by atoms with Gasteiger partial charge in [-0.2, -0.15) is 0 Å². The standard InChI is InChI=1S/C15H21N3S/c1-18-10-9-17-15(18)14(13-5-3-11-19-13)16-8-2-4-12-6-7-12/h3,5,9-12,14,16H,2,4,6-8H2,1H3. The van der Waals surface area contributed by atoms with E-state index in [1.807, 2.05) is 12.4 Å². The molecule has 1 aliphatic carbocycles. The molecular formula is C15H21N3S. The lowest BCUT2D eigenvalue weighted by molar-refractivity contribution is 0.530. The molecule has 1 saturated carbocycles. The topological polar surface area (TPSA) is 29.9 Å². The van der Waals surface area contributed by atoms with E-state index in [0.717, 1.165) is 18.3 Å². The maximum Gasteiger partial charge on any atom is 0.131 e. The molecule has 1 aliphatic rings. The van der Waals surface area contributed by atoms with Crippen molar-refractivity contribution in [2.75, 3.05) is 6.54 Å². The Bertz CT molecular complexity index is 499. The van der Waals surface area contributed by atoms with Crippen molar-refractivity contribution in [1.82, 2.24) is 14.9 Å². The molecule has 1 unspecified atom stereocenters. The maximum atomic E-state index is 4.51. The Morgan fingerprint density at radius 1 is 1.53 bits per heavy atom. The average molecular weight is 275 g/mol. The monoisotopic (exact) mass is 275 g/mol. The van der Waals surface area contributed by atoms with Gasteiger partial charge in [0, 0.05) is 24.3 Å². The highest BCUT2D eigenvalue weighted by atomic mass is 32.1. The van der Waals surface area contributed by atoms with E-state index in [-0.39, 0.29) is 6.04 Å². The van der Waals surface area contributed by atoms with Gasteiger partial charge >= 0.3 is 0 Å². The van der Waals surface area contributed by atoms with Gasteiger partial charge in [-0.3, -0.25) is 0 Å². The molecular weight excluding hydrogens is 254 g/mol. The molecule has 0 radical (unpaired) electrons. The van der Waals surface area contributed by atoms with Crippen LogP contribution in [0.4, 0.5) is 0 Å². The zero-order valence-electron chi connectivity index (χ0n) is 11.4. The molecule has 0 spiro atoms. The molecule has 0 saturated heterocycles. The molecule has 19 heavy (non-hydrogen) atoms.